The molecule has 8 heteroatoms. The maximum Gasteiger partial charge on any atom is 0.200 e. The summed E-state index contributed by atoms with van der Waals surface area (Å²) in [7, 11) is 0. The highest BCUT2D eigenvalue weighted by molar-refractivity contribution is 5.73. The van der Waals surface area contributed by atoms with Gasteiger partial charge in [-0.3, -0.25) is 0 Å². The minimum Gasteiger partial charge on any atom is -0.397 e. The molecule has 0 aromatic heterocycles. The van der Waals surface area contributed by atoms with E-state index in [0.29, 0.717) is 0 Å². The molecule has 0 aliphatic carbocycles. The molecule has 0 bridgehead atoms. The van der Waals surface area contributed by atoms with E-state index in [0.717, 1.165) is 18.2 Å². The summed E-state index contributed by atoms with van der Waals surface area (Å²) in [6.07, 6.45) is 0. The van der Waals surface area contributed by atoms with Crippen molar-refractivity contribution in [3.63, 3.8) is 0 Å². The molecule has 3 N–H and O–H groups in total. The van der Waals surface area contributed by atoms with Crippen molar-refractivity contribution in [3.8, 4) is 0 Å². The van der Waals surface area contributed by atoms with Crippen molar-refractivity contribution in [2.45, 2.75) is 0 Å². The lowest BCUT2D eigenvalue weighted by atomic mass is 10.2. The van der Waals surface area contributed by atoms with E-state index in [9.17, 15) is 26.3 Å². The van der Waals surface area contributed by atoms with Crippen LogP contribution in [0.4, 0.5) is 43.4 Å². The Labute approximate surface area is 108 Å². The number of halogens is 6. The van der Waals surface area contributed by atoms with Gasteiger partial charge in [0, 0.05) is 0 Å². The Morgan fingerprint density at radius 2 is 1.25 bits per heavy atom. The van der Waals surface area contributed by atoms with Crippen LogP contribution in [0.2, 0.25) is 0 Å². The fourth-order valence-corrected chi connectivity index (χ4v) is 1.50. The lowest BCUT2D eigenvalue weighted by Gasteiger charge is -2.12. The first-order chi connectivity index (χ1) is 9.32. The predicted octanol–water partition coefficient (Wildman–Crippen LogP) is 3.85. The average Bonchev–Trinajstić information content (AvgIpc) is 2.41. The molecule has 0 spiro atoms. The number of anilines is 3. The number of rotatable bonds is 2. The zero-order chi connectivity index (χ0) is 15.0. The van der Waals surface area contributed by atoms with Gasteiger partial charge >= 0.3 is 0 Å². The number of benzene rings is 2. The first-order valence-corrected chi connectivity index (χ1v) is 5.16. The quantitative estimate of drug-likeness (QED) is 0.382. The molecule has 0 saturated carbocycles. The Morgan fingerprint density at radius 1 is 0.750 bits per heavy atom. The standard InChI is InChI=1S/C12H6F6N2/c13-4-1-2-6(5(19)3-4)20-12-10(17)8(15)7(14)9(16)11(12)18/h1-3,20H,19H2. The van der Waals surface area contributed by atoms with E-state index < -0.39 is 40.6 Å². The summed E-state index contributed by atoms with van der Waals surface area (Å²) < 4.78 is 78.4. The molecular formula is C12H6F6N2. The van der Waals surface area contributed by atoms with Gasteiger partial charge in [-0.25, -0.2) is 26.3 Å². The van der Waals surface area contributed by atoms with Gasteiger partial charge in [-0.15, -0.1) is 0 Å². The summed E-state index contributed by atoms with van der Waals surface area (Å²) in [5.41, 5.74) is 3.65. The Hall–Kier alpha value is -2.38. The molecule has 20 heavy (non-hydrogen) atoms. The molecule has 0 heterocycles. The van der Waals surface area contributed by atoms with Crippen LogP contribution in [-0.4, -0.2) is 0 Å². The van der Waals surface area contributed by atoms with Gasteiger partial charge in [0.1, 0.15) is 11.5 Å². The zero-order valence-electron chi connectivity index (χ0n) is 9.58. The highest BCUT2D eigenvalue weighted by atomic mass is 19.2. The monoisotopic (exact) mass is 292 g/mol. The van der Waals surface area contributed by atoms with Gasteiger partial charge in [-0.05, 0) is 18.2 Å². The molecule has 2 rings (SSSR count). The number of nitrogens with one attached hydrogen (secondary N) is 1. The van der Waals surface area contributed by atoms with Crippen LogP contribution >= 0.6 is 0 Å². The second-order valence-electron chi connectivity index (χ2n) is 3.80. The molecule has 2 aromatic rings. The van der Waals surface area contributed by atoms with E-state index >= 15 is 0 Å². The van der Waals surface area contributed by atoms with E-state index in [2.05, 4.69) is 0 Å². The molecule has 0 saturated heterocycles. The molecule has 2 nitrogen and oxygen atoms in total. The second kappa shape index (κ2) is 4.95. The third-order valence-electron chi connectivity index (χ3n) is 2.48. The maximum absolute atomic E-state index is 13.4. The molecular weight excluding hydrogens is 286 g/mol. The van der Waals surface area contributed by atoms with E-state index in [1.807, 2.05) is 5.32 Å². The van der Waals surface area contributed by atoms with Crippen LogP contribution in [0.25, 0.3) is 0 Å². The van der Waals surface area contributed by atoms with Crippen molar-refractivity contribution >= 4 is 17.1 Å². The lowest BCUT2D eigenvalue weighted by Crippen LogP contribution is -2.07. The number of nitrogens with two attached hydrogens (primary N) is 1. The number of hydrogen-bond donors (Lipinski definition) is 2. The molecule has 0 atom stereocenters. The van der Waals surface area contributed by atoms with Gasteiger partial charge in [0.05, 0.1) is 11.4 Å². The van der Waals surface area contributed by atoms with Crippen molar-refractivity contribution in [1.82, 2.24) is 0 Å². The fourth-order valence-electron chi connectivity index (χ4n) is 1.50. The Balaban J connectivity index is 2.54. The van der Waals surface area contributed by atoms with Crippen LogP contribution in [0.5, 0.6) is 0 Å². The van der Waals surface area contributed by atoms with Gasteiger partial charge in [-0.2, -0.15) is 0 Å². The molecule has 106 valence electrons. The highest BCUT2D eigenvalue weighted by Crippen LogP contribution is 2.31. The predicted molar refractivity (Wildman–Crippen MR) is 60.3 cm³/mol. The summed E-state index contributed by atoms with van der Waals surface area (Å²) in [6, 6.07) is 2.74. The van der Waals surface area contributed by atoms with Crippen molar-refractivity contribution in [2.75, 3.05) is 11.1 Å². The van der Waals surface area contributed by atoms with Crippen LogP contribution in [0.1, 0.15) is 0 Å². The molecule has 0 amide bonds. The zero-order valence-corrected chi connectivity index (χ0v) is 9.58. The minimum absolute atomic E-state index is 0.199. The van der Waals surface area contributed by atoms with Crippen molar-refractivity contribution in [3.05, 3.63) is 53.1 Å². The molecule has 0 radical (unpaired) electrons. The highest BCUT2D eigenvalue weighted by Gasteiger charge is 2.26. The van der Waals surface area contributed by atoms with Gasteiger partial charge in [0.2, 0.25) is 5.82 Å². The Morgan fingerprint density at radius 3 is 1.75 bits per heavy atom. The van der Waals surface area contributed by atoms with Crippen LogP contribution in [0.3, 0.4) is 0 Å². The van der Waals surface area contributed by atoms with Gasteiger partial charge in [0.25, 0.3) is 0 Å². The Kier molecular flexibility index (Phi) is 3.47. The van der Waals surface area contributed by atoms with E-state index in [1.54, 1.807) is 0 Å². The SMILES string of the molecule is Nc1cc(F)ccc1Nc1c(F)c(F)c(F)c(F)c1F. The second-order valence-corrected chi connectivity index (χ2v) is 3.80. The smallest absolute Gasteiger partial charge is 0.200 e. The van der Waals surface area contributed by atoms with E-state index in [4.69, 9.17) is 5.73 Å². The van der Waals surface area contributed by atoms with Crippen LogP contribution in [0, 0.1) is 34.9 Å². The third-order valence-corrected chi connectivity index (χ3v) is 2.48. The summed E-state index contributed by atoms with van der Waals surface area (Å²) >= 11 is 0. The minimum atomic E-state index is -2.27. The summed E-state index contributed by atoms with van der Waals surface area (Å²) in [6.45, 7) is 0. The van der Waals surface area contributed by atoms with Crippen molar-refractivity contribution in [2.24, 2.45) is 0 Å². The first-order valence-electron chi connectivity index (χ1n) is 5.16. The van der Waals surface area contributed by atoms with Crippen LogP contribution in [0.15, 0.2) is 18.2 Å². The average molecular weight is 292 g/mol. The topological polar surface area (TPSA) is 38.0 Å². The maximum atomic E-state index is 13.4. The summed E-state index contributed by atoms with van der Waals surface area (Å²) in [5, 5.41) is 1.96. The Bertz CT molecular complexity index is 657. The van der Waals surface area contributed by atoms with E-state index in [1.165, 1.54) is 0 Å². The summed E-state index contributed by atoms with van der Waals surface area (Å²) in [4.78, 5) is 0. The lowest BCUT2D eigenvalue weighted by molar-refractivity contribution is 0.382. The fraction of sp³-hybridized carbons (Fsp3) is 0. The number of hydrogen-bond acceptors (Lipinski definition) is 2. The summed E-state index contributed by atoms with van der Waals surface area (Å²) in [5.74, 6) is -11.2. The molecule has 0 aliphatic heterocycles. The third kappa shape index (κ3) is 2.24. The first kappa shape index (κ1) is 14.0. The number of nitrogen functional groups attached to an aromatic ring is 1. The molecule has 0 unspecified atom stereocenters. The van der Waals surface area contributed by atoms with E-state index in [-0.39, 0.29) is 11.4 Å². The molecule has 0 aliphatic rings. The van der Waals surface area contributed by atoms with Crippen molar-refractivity contribution < 1.29 is 26.3 Å². The van der Waals surface area contributed by atoms with Crippen molar-refractivity contribution in [1.29, 1.82) is 0 Å². The normalized spacial score (nSPS) is 10.7. The molecule has 0 fully saturated rings. The molecule has 2 aromatic carbocycles. The van der Waals surface area contributed by atoms with Gasteiger partial charge in [-0.1, -0.05) is 0 Å². The van der Waals surface area contributed by atoms with Gasteiger partial charge in [0.15, 0.2) is 23.3 Å². The van der Waals surface area contributed by atoms with Crippen LogP contribution < -0.4 is 11.1 Å². The van der Waals surface area contributed by atoms with Crippen LogP contribution in [-0.2, 0) is 0 Å². The largest absolute Gasteiger partial charge is 0.397 e. The van der Waals surface area contributed by atoms with Gasteiger partial charge < -0.3 is 11.1 Å².